The molecule has 2 heteroatoms. The molecule has 0 saturated carbocycles. The van der Waals surface area contributed by atoms with E-state index in [0.29, 0.717) is 0 Å². The Kier molecular flexibility index (Phi) is 6.29. The maximum Gasteiger partial charge on any atom is 0.0640 e. The molecule has 0 aliphatic heterocycles. The highest BCUT2D eigenvalue weighted by Gasteiger charge is 2.22. The number of fused-ring (bicyclic) bond motifs is 6. The molecule has 1 nitrogen and oxygen atoms in total. The highest BCUT2D eigenvalue weighted by atomic mass is 32.1. The number of hydrogen-bond acceptors (Lipinski definition) is 2. The minimum Gasteiger partial charge on any atom is -0.308 e. The second-order valence-electron chi connectivity index (χ2n) is 12.6. The summed E-state index contributed by atoms with van der Waals surface area (Å²) in [5, 5.41) is 7.64. The van der Waals surface area contributed by atoms with Gasteiger partial charge in [0.15, 0.2) is 0 Å². The molecule has 0 bridgehead atoms. The number of benzene rings is 7. The van der Waals surface area contributed by atoms with Gasteiger partial charge in [0.1, 0.15) is 0 Å². The highest BCUT2D eigenvalue weighted by molar-refractivity contribution is 7.26. The molecule has 0 aliphatic carbocycles. The summed E-state index contributed by atoms with van der Waals surface area (Å²) in [6, 6.07) is 53.5. The molecule has 0 radical (unpaired) electrons. The molecule has 212 valence electrons. The molecule has 1 heterocycles. The zero-order valence-electron chi connectivity index (χ0n) is 25.2. The van der Waals surface area contributed by atoms with Crippen molar-refractivity contribution in [3.63, 3.8) is 0 Å². The van der Waals surface area contributed by atoms with E-state index in [1.165, 1.54) is 69.8 Å². The summed E-state index contributed by atoms with van der Waals surface area (Å²) < 4.78 is 2.61. The summed E-state index contributed by atoms with van der Waals surface area (Å²) in [5.41, 5.74) is 7.48. The molecule has 0 saturated heterocycles. The Morgan fingerprint density at radius 2 is 1.14 bits per heavy atom. The van der Waals surface area contributed by atoms with Crippen LogP contribution in [0.3, 0.4) is 0 Å². The average molecular weight is 584 g/mol. The molecule has 1 aromatic heterocycles. The van der Waals surface area contributed by atoms with Crippen LogP contribution in [0.5, 0.6) is 0 Å². The fourth-order valence-electron chi connectivity index (χ4n) is 6.71. The van der Waals surface area contributed by atoms with Gasteiger partial charge in [0.25, 0.3) is 0 Å². The molecule has 0 aliphatic rings. The Labute approximate surface area is 262 Å². The summed E-state index contributed by atoms with van der Waals surface area (Å²) in [6.07, 6.45) is 0. The summed E-state index contributed by atoms with van der Waals surface area (Å²) in [6.45, 7) is 6.87. The van der Waals surface area contributed by atoms with Crippen molar-refractivity contribution in [1.29, 1.82) is 0 Å². The molecule has 0 spiro atoms. The predicted molar refractivity (Wildman–Crippen MR) is 193 cm³/mol. The number of hydrogen-bond donors (Lipinski definition) is 0. The molecule has 0 atom stereocenters. The Hall–Kier alpha value is -4.92. The van der Waals surface area contributed by atoms with Gasteiger partial charge in [-0.15, -0.1) is 11.3 Å². The van der Waals surface area contributed by atoms with Crippen molar-refractivity contribution < 1.29 is 0 Å². The van der Waals surface area contributed by atoms with Gasteiger partial charge in [0.05, 0.1) is 16.1 Å². The molecule has 0 N–H and O–H groups in total. The van der Waals surface area contributed by atoms with Gasteiger partial charge in [-0.25, -0.2) is 0 Å². The van der Waals surface area contributed by atoms with Crippen LogP contribution in [-0.4, -0.2) is 0 Å². The van der Waals surface area contributed by atoms with Crippen molar-refractivity contribution in [2.75, 3.05) is 4.90 Å². The lowest BCUT2D eigenvalue weighted by Gasteiger charge is -2.28. The molecule has 8 rings (SSSR count). The number of thiophene rings is 1. The van der Waals surface area contributed by atoms with Crippen LogP contribution < -0.4 is 4.90 Å². The molecule has 0 unspecified atom stereocenters. The van der Waals surface area contributed by atoms with Gasteiger partial charge in [0.2, 0.25) is 0 Å². The second-order valence-corrected chi connectivity index (χ2v) is 13.6. The Bertz CT molecular complexity index is 2320. The van der Waals surface area contributed by atoms with E-state index in [-0.39, 0.29) is 5.41 Å². The second kappa shape index (κ2) is 10.4. The molecule has 44 heavy (non-hydrogen) atoms. The fourth-order valence-corrected chi connectivity index (χ4v) is 7.92. The van der Waals surface area contributed by atoms with Gasteiger partial charge in [-0.05, 0) is 68.6 Å². The van der Waals surface area contributed by atoms with Crippen LogP contribution in [0.2, 0.25) is 0 Å². The van der Waals surface area contributed by atoms with Crippen LogP contribution in [-0.2, 0) is 5.41 Å². The van der Waals surface area contributed by atoms with Gasteiger partial charge in [-0.1, -0.05) is 136 Å². The fraction of sp³-hybridized carbons (Fsp3) is 0.0952. The summed E-state index contributed by atoms with van der Waals surface area (Å²) >= 11 is 1.88. The van der Waals surface area contributed by atoms with E-state index in [0.717, 1.165) is 5.69 Å². The normalized spacial score (nSPS) is 12.0. The van der Waals surface area contributed by atoms with Crippen LogP contribution in [0.4, 0.5) is 17.1 Å². The summed E-state index contributed by atoms with van der Waals surface area (Å²) in [4.78, 5) is 2.48. The van der Waals surface area contributed by atoms with Crippen LogP contribution in [0.15, 0.2) is 146 Å². The maximum atomic E-state index is 2.48. The molecular formula is C42H33NS. The average Bonchev–Trinajstić information content (AvgIpc) is 3.44. The topological polar surface area (TPSA) is 3.24 Å². The monoisotopic (exact) mass is 583 g/mol. The van der Waals surface area contributed by atoms with Crippen LogP contribution in [0.25, 0.3) is 52.8 Å². The van der Waals surface area contributed by atoms with Crippen molar-refractivity contribution in [2.24, 2.45) is 0 Å². The van der Waals surface area contributed by atoms with Gasteiger partial charge in [-0.2, -0.15) is 0 Å². The Morgan fingerprint density at radius 3 is 1.93 bits per heavy atom. The van der Waals surface area contributed by atoms with E-state index in [2.05, 4.69) is 171 Å². The minimum atomic E-state index is 0.0577. The zero-order chi connectivity index (χ0) is 29.8. The third kappa shape index (κ3) is 4.37. The van der Waals surface area contributed by atoms with Crippen LogP contribution in [0.1, 0.15) is 26.3 Å². The summed E-state index contributed by atoms with van der Waals surface area (Å²) in [7, 11) is 0. The third-order valence-electron chi connectivity index (χ3n) is 8.78. The first kappa shape index (κ1) is 26.7. The van der Waals surface area contributed by atoms with Crippen molar-refractivity contribution in [3.05, 3.63) is 151 Å². The lowest BCUT2D eigenvalue weighted by molar-refractivity contribution is 0.592. The smallest absolute Gasteiger partial charge is 0.0640 e. The SMILES string of the molecule is CC(C)(C)c1ccccc1-c1ccc(N(c2cc3ccccc3c3ccccc23)c2cccc3c2sc2ccccc23)cc1. The third-order valence-corrected chi connectivity index (χ3v) is 9.99. The minimum absolute atomic E-state index is 0.0577. The van der Waals surface area contributed by atoms with E-state index in [1.54, 1.807) is 0 Å². The van der Waals surface area contributed by atoms with Gasteiger partial charge >= 0.3 is 0 Å². The molecule has 0 amide bonds. The Morgan fingerprint density at radius 1 is 0.500 bits per heavy atom. The Balaban J connectivity index is 1.40. The molecule has 0 fully saturated rings. The predicted octanol–water partition coefficient (Wildman–Crippen LogP) is 12.8. The largest absolute Gasteiger partial charge is 0.308 e. The first-order valence-corrected chi connectivity index (χ1v) is 16.1. The van der Waals surface area contributed by atoms with Gasteiger partial charge in [-0.3, -0.25) is 0 Å². The maximum absolute atomic E-state index is 2.48. The van der Waals surface area contributed by atoms with E-state index in [4.69, 9.17) is 0 Å². The van der Waals surface area contributed by atoms with Crippen LogP contribution in [0, 0.1) is 0 Å². The summed E-state index contributed by atoms with van der Waals surface area (Å²) in [5.74, 6) is 0. The first-order valence-electron chi connectivity index (χ1n) is 15.3. The van der Waals surface area contributed by atoms with Gasteiger partial charge < -0.3 is 4.90 Å². The van der Waals surface area contributed by atoms with Crippen molar-refractivity contribution >= 4 is 70.1 Å². The van der Waals surface area contributed by atoms with Crippen molar-refractivity contribution in [3.8, 4) is 11.1 Å². The van der Waals surface area contributed by atoms with Crippen molar-refractivity contribution in [2.45, 2.75) is 26.2 Å². The lowest BCUT2D eigenvalue weighted by Crippen LogP contribution is -2.13. The van der Waals surface area contributed by atoms with Crippen molar-refractivity contribution in [1.82, 2.24) is 0 Å². The molecule has 7 aromatic carbocycles. The standard InChI is InChI=1S/C42H33NS/c1-42(2,3)37-20-10-8-15-32(37)28-23-25-30(26-24-28)43(38-21-12-19-36-35-18-9-11-22-40(35)44-41(36)38)39-27-29-13-4-5-14-31(29)33-16-6-7-17-34(33)39/h4-27H,1-3H3. The molecular weight excluding hydrogens is 551 g/mol. The quantitative estimate of drug-likeness (QED) is 0.186. The van der Waals surface area contributed by atoms with E-state index < -0.39 is 0 Å². The lowest BCUT2D eigenvalue weighted by atomic mass is 9.82. The number of anilines is 3. The van der Waals surface area contributed by atoms with E-state index in [1.807, 2.05) is 11.3 Å². The number of nitrogens with zero attached hydrogens (tertiary/aromatic N) is 1. The van der Waals surface area contributed by atoms with E-state index in [9.17, 15) is 0 Å². The number of rotatable bonds is 4. The highest BCUT2D eigenvalue weighted by Crippen LogP contribution is 2.47. The van der Waals surface area contributed by atoms with Crippen LogP contribution >= 0.6 is 11.3 Å². The zero-order valence-corrected chi connectivity index (χ0v) is 26.0. The van der Waals surface area contributed by atoms with E-state index >= 15 is 0 Å². The van der Waals surface area contributed by atoms with Gasteiger partial charge in [0, 0.05) is 26.5 Å². The first-order chi connectivity index (χ1) is 21.5. The molecule has 8 aromatic rings.